The number of alkyl halides is 4. The van der Waals surface area contributed by atoms with Crippen LogP contribution in [0.1, 0.15) is 47.8 Å². The molecular formula is C34H39Cl3F3N2O12P. The van der Waals surface area contributed by atoms with Gasteiger partial charge in [-0.05, 0) is 67.3 Å². The largest absolute Gasteiger partial charge is 0.480 e. The van der Waals surface area contributed by atoms with Crippen LogP contribution in [-0.2, 0) is 47.4 Å². The molecule has 0 fully saturated rings. The Labute approximate surface area is 329 Å². The average Bonchev–Trinajstić information content (AvgIpc) is 3.10. The van der Waals surface area contributed by atoms with Crippen molar-refractivity contribution in [2.24, 2.45) is 0 Å². The van der Waals surface area contributed by atoms with Crippen molar-refractivity contribution in [3.63, 3.8) is 0 Å². The van der Waals surface area contributed by atoms with Crippen molar-refractivity contribution < 1.29 is 71.1 Å². The molecular weight excluding hydrogens is 823 g/mol. The molecule has 0 spiro atoms. The van der Waals surface area contributed by atoms with Crippen LogP contribution >= 0.6 is 42.4 Å². The fourth-order valence-corrected chi connectivity index (χ4v) is 5.18. The van der Waals surface area contributed by atoms with Gasteiger partial charge in [0.15, 0.2) is 6.10 Å². The number of carboxylic acid groups (broad SMARTS) is 2. The summed E-state index contributed by atoms with van der Waals surface area (Å²) in [5.74, 6) is -3.70. The number of benzene rings is 3. The number of methoxy groups -OCH3 is 1. The van der Waals surface area contributed by atoms with Crippen LogP contribution in [0.15, 0.2) is 54.6 Å². The first-order valence-electron chi connectivity index (χ1n) is 15.8. The van der Waals surface area contributed by atoms with E-state index in [-0.39, 0.29) is 45.6 Å². The van der Waals surface area contributed by atoms with Crippen molar-refractivity contribution in [2.45, 2.75) is 45.9 Å². The van der Waals surface area contributed by atoms with E-state index in [4.69, 9.17) is 69.0 Å². The van der Waals surface area contributed by atoms with Gasteiger partial charge in [-0.2, -0.15) is 13.2 Å². The van der Waals surface area contributed by atoms with E-state index in [1.54, 1.807) is 12.0 Å². The number of aliphatic carboxylic acids is 2. The van der Waals surface area contributed by atoms with E-state index in [0.717, 1.165) is 54.8 Å². The zero-order valence-corrected chi connectivity index (χ0v) is 32.9. The molecule has 14 nitrogen and oxygen atoms in total. The summed E-state index contributed by atoms with van der Waals surface area (Å²) < 4.78 is 63.3. The maximum absolute atomic E-state index is 12.7. The number of nitrogens with zero attached hydrogens (tertiary/aromatic N) is 1. The summed E-state index contributed by atoms with van der Waals surface area (Å²) in [4.78, 5) is 62.5. The number of esters is 1. The second-order valence-corrected chi connectivity index (χ2v) is 13.6. The molecule has 0 aliphatic rings. The first-order chi connectivity index (χ1) is 25.6. The normalized spacial score (nSPS) is 11.6. The maximum Gasteiger partial charge on any atom is 0.416 e. The van der Waals surface area contributed by atoms with Gasteiger partial charge in [-0.3, -0.25) is 24.4 Å². The standard InChI is InChI=1S/C17H11Cl2F3O5.C14H20ClNO2.C3H8NO5P/c1-8(15(23)24)26-16(25)11-7-10(3-4-12(11)18)27-14-5-2-9(6-13(14)19)17(20,21)22;1-4-11-7-6-8-12(5-2)14(11)16(10-18-3)13(17)9-15;5-3(6)1-4-2-10(7,8)9/h2-8H,1H3,(H,23,24);6-8H,4-5,9-10H2,1-3H3;4H,1-2H2,(H,5,6)(H2,7,8,9)/t8-;;/m0../s1. The van der Waals surface area contributed by atoms with Crippen LogP contribution in [0.4, 0.5) is 18.9 Å². The number of para-hydroxylation sites is 1. The van der Waals surface area contributed by atoms with Gasteiger partial charge in [-0.15, -0.1) is 11.6 Å². The summed E-state index contributed by atoms with van der Waals surface area (Å²) in [6.07, 6.45) is -4.81. The number of amides is 1. The Balaban J connectivity index is 0.000000464. The van der Waals surface area contributed by atoms with Gasteiger partial charge >= 0.3 is 31.7 Å². The van der Waals surface area contributed by atoms with Crippen molar-refractivity contribution in [2.75, 3.05) is 37.5 Å². The Bertz CT molecular complexity index is 1810. The van der Waals surface area contributed by atoms with E-state index in [1.165, 1.54) is 12.1 Å². The molecule has 304 valence electrons. The summed E-state index contributed by atoms with van der Waals surface area (Å²) in [5, 5.41) is 18.5. The molecule has 1 atom stereocenters. The number of hydrogen-bond acceptors (Lipinski definition) is 9. The number of halogens is 6. The predicted octanol–water partition coefficient (Wildman–Crippen LogP) is 7.22. The van der Waals surface area contributed by atoms with E-state index >= 15 is 0 Å². The second-order valence-electron chi connectivity index (χ2n) is 10.9. The van der Waals surface area contributed by atoms with Crippen LogP contribution in [0.2, 0.25) is 10.0 Å². The first-order valence-corrected chi connectivity index (χ1v) is 18.9. The van der Waals surface area contributed by atoms with Gasteiger partial charge in [-0.25, -0.2) is 9.59 Å². The monoisotopic (exact) mass is 860 g/mol. The lowest BCUT2D eigenvalue weighted by Crippen LogP contribution is -2.35. The highest BCUT2D eigenvalue weighted by molar-refractivity contribution is 7.51. The van der Waals surface area contributed by atoms with Crippen LogP contribution in [0.25, 0.3) is 0 Å². The molecule has 0 saturated heterocycles. The fraction of sp³-hybridized carbons (Fsp3) is 0.353. The number of ether oxygens (including phenoxy) is 3. The van der Waals surface area contributed by atoms with Crippen molar-refractivity contribution in [1.82, 2.24) is 5.32 Å². The number of carboxylic acids is 2. The minimum Gasteiger partial charge on any atom is -0.480 e. The molecule has 0 aromatic heterocycles. The molecule has 21 heteroatoms. The molecule has 0 aliphatic heterocycles. The predicted molar refractivity (Wildman–Crippen MR) is 198 cm³/mol. The molecule has 1 amide bonds. The second kappa shape index (κ2) is 23.2. The zero-order chi connectivity index (χ0) is 42.1. The number of carbonyl (C=O) groups excluding carboxylic acids is 2. The molecule has 0 radical (unpaired) electrons. The Morgan fingerprint density at radius 1 is 0.945 bits per heavy atom. The zero-order valence-electron chi connectivity index (χ0n) is 29.7. The van der Waals surface area contributed by atoms with Gasteiger partial charge in [0, 0.05) is 7.11 Å². The summed E-state index contributed by atoms with van der Waals surface area (Å²) in [7, 11) is -2.52. The summed E-state index contributed by atoms with van der Waals surface area (Å²) in [6.45, 7) is 5.11. The van der Waals surface area contributed by atoms with Gasteiger partial charge in [-0.1, -0.05) is 55.2 Å². The Morgan fingerprint density at radius 3 is 2.00 bits per heavy atom. The number of carbonyl (C=O) groups is 4. The number of rotatable bonds is 15. The van der Waals surface area contributed by atoms with Crippen LogP contribution in [0, 0.1) is 0 Å². The van der Waals surface area contributed by atoms with E-state index in [0.29, 0.717) is 6.07 Å². The van der Waals surface area contributed by atoms with Gasteiger partial charge in [0.2, 0.25) is 5.91 Å². The quantitative estimate of drug-likeness (QED) is 0.0443. The first kappa shape index (κ1) is 49.1. The van der Waals surface area contributed by atoms with Crippen LogP contribution < -0.4 is 15.0 Å². The molecule has 0 heterocycles. The molecule has 5 N–H and O–H groups in total. The molecule has 0 aliphatic carbocycles. The highest BCUT2D eigenvalue weighted by Gasteiger charge is 2.31. The fourth-order valence-electron chi connectivity index (χ4n) is 4.22. The lowest BCUT2D eigenvalue weighted by molar-refractivity contribution is -0.146. The van der Waals surface area contributed by atoms with Crippen LogP contribution in [0.5, 0.6) is 11.5 Å². The molecule has 0 saturated carbocycles. The minimum absolute atomic E-state index is 0.0246. The molecule has 55 heavy (non-hydrogen) atoms. The third-order valence-corrected chi connectivity index (χ3v) is 8.27. The lowest BCUT2D eigenvalue weighted by atomic mass is 10.0. The van der Waals surface area contributed by atoms with Crippen molar-refractivity contribution in [3.8, 4) is 11.5 Å². The van der Waals surface area contributed by atoms with E-state index in [2.05, 4.69) is 19.2 Å². The minimum atomic E-state index is -4.56. The Morgan fingerprint density at radius 2 is 1.55 bits per heavy atom. The molecule has 3 rings (SSSR count). The number of anilines is 1. The summed E-state index contributed by atoms with van der Waals surface area (Å²) in [6, 6.07) is 12.4. The number of hydrogen-bond donors (Lipinski definition) is 5. The molecule has 0 unspecified atom stereocenters. The highest BCUT2D eigenvalue weighted by Crippen LogP contribution is 2.37. The SMILES string of the molecule is CCc1cccc(CC)c1N(COC)C(=O)CCl.C[C@H](OC(=O)c1cc(Oc2ccc(C(F)(F)F)cc2Cl)ccc1Cl)C(=O)O.O=C(O)CNCP(=O)(O)O. The number of aryl methyl sites for hydroxylation is 2. The van der Waals surface area contributed by atoms with E-state index in [1.807, 2.05) is 18.2 Å². The van der Waals surface area contributed by atoms with Crippen molar-refractivity contribution in [3.05, 3.63) is 86.9 Å². The lowest BCUT2D eigenvalue weighted by Gasteiger charge is -2.26. The molecule has 3 aromatic carbocycles. The van der Waals surface area contributed by atoms with Gasteiger partial charge in [0.1, 0.15) is 24.1 Å². The van der Waals surface area contributed by atoms with Gasteiger partial charge in [0.25, 0.3) is 0 Å². The maximum atomic E-state index is 12.7. The third kappa shape index (κ3) is 17.2. The van der Waals surface area contributed by atoms with Crippen molar-refractivity contribution >= 4 is 71.9 Å². The smallest absolute Gasteiger partial charge is 0.416 e. The average molecular weight is 862 g/mol. The van der Waals surface area contributed by atoms with Crippen LogP contribution in [-0.4, -0.2) is 82.5 Å². The number of nitrogens with one attached hydrogen (secondary N) is 1. The molecule has 3 aromatic rings. The van der Waals surface area contributed by atoms with Crippen LogP contribution in [0.3, 0.4) is 0 Å². The molecule has 0 bridgehead atoms. The van der Waals surface area contributed by atoms with Gasteiger partial charge < -0.3 is 34.2 Å². The summed E-state index contributed by atoms with van der Waals surface area (Å²) >= 11 is 17.4. The topological polar surface area (TPSA) is 209 Å². The Hall–Kier alpha value is -3.93. The summed E-state index contributed by atoms with van der Waals surface area (Å²) in [5.41, 5.74) is 2.12. The Kier molecular flexibility index (Phi) is 20.7. The highest BCUT2D eigenvalue weighted by atomic mass is 35.5. The third-order valence-electron chi connectivity index (χ3n) is 6.78. The van der Waals surface area contributed by atoms with E-state index in [9.17, 15) is 36.9 Å². The van der Waals surface area contributed by atoms with Gasteiger partial charge in [0.05, 0.1) is 39.7 Å². The van der Waals surface area contributed by atoms with Crippen molar-refractivity contribution in [1.29, 1.82) is 0 Å². The van der Waals surface area contributed by atoms with E-state index < -0.39 is 56.2 Å².